The van der Waals surface area contributed by atoms with E-state index in [9.17, 15) is 13.2 Å². The molecule has 1 saturated heterocycles. The number of benzene rings is 2. The molecule has 152 valence electrons. The van der Waals surface area contributed by atoms with E-state index in [0.29, 0.717) is 5.56 Å². The number of rotatable bonds is 6. The van der Waals surface area contributed by atoms with Crippen molar-refractivity contribution < 1.29 is 13.2 Å². The topological polar surface area (TPSA) is 87.3 Å². The van der Waals surface area contributed by atoms with Crippen LogP contribution in [-0.4, -0.2) is 33.0 Å². The van der Waals surface area contributed by atoms with Gasteiger partial charge in [0.1, 0.15) is 0 Å². The van der Waals surface area contributed by atoms with E-state index in [1.807, 2.05) is 37.3 Å². The Hall–Kier alpha value is -1.93. The van der Waals surface area contributed by atoms with Gasteiger partial charge in [0, 0.05) is 24.2 Å². The molecule has 8 heteroatoms. The first-order chi connectivity index (χ1) is 13.0. The van der Waals surface area contributed by atoms with Gasteiger partial charge in [-0.1, -0.05) is 36.4 Å². The number of piperidine rings is 1. The lowest BCUT2D eigenvalue weighted by Gasteiger charge is -2.30. The third-order valence-corrected chi connectivity index (χ3v) is 6.19. The Balaban J connectivity index is 0.00000280. The highest BCUT2D eigenvalue weighted by Crippen LogP contribution is 2.14. The normalized spacial score (nSPS) is 19.5. The quantitative estimate of drug-likeness (QED) is 0.666. The van der Waals surface area contributed by atoms with E-state index in [0.717, 1.165) is 24.9 Å². The number of sulfonamides is 1. The molecule has 0 saturated carbocycles. The average Bonchev–Trinajstić information content (AvgIpc) is 2.69. The van der Waals surface area contributed by atoms with Gasteiger partial charge in [-0.25, -0.2) is 13.1 Å². The first-order valence-electron chi connectivity index (χ1n) is 9.13. The summed E-state index contributed by atoms with van der Waals surface area (Å²) in [4.78, 5) is 12.6. The van der Waals surface area contributed by atoms with E-state index in [4.69, 9.17) is 0 Å². The second-order valence-corrected chi connectivity index (χ2v) is 8.57. The van der Waals surface area contributed by atoms with Gasteiger partial charge in [0.05, 0.1) is 4.90 Å². The fraction of sp³-hybridized carbons (Fsp3) is 0.350. The zero-order chi connectivity index (χ0) is 19.3. The van der Waals surface area contributed by atoms with Gasteiger partial charge in [-0.05, 0) is 50.1 Å². The molecule has 2 unspecified atom stereocenters. The van der Waals surface area contributed by atoms with E-state index >= 15 is 0 Å². The minimum atomic E-state index is -3.70. The van der Waals surface area contributed by atoms with Crippen LogP contribution in [0.3, 0.4) is 0 Å². The fourth-order valence-electron chi connectivity index (χ4n) is 3.15. The van der Waals surface area contributed by atoms with Crippen LogP contribution in [0.15, 0.2) is 59.5 Å². The van der Waals surface area contributed by atoms with Gasteiger partial charge in [-0.3, -0.25) is 4.79 Å². The molecule has 0 aromatic heterocycles. The minimum absolute atomic E-state index is 0. The van der Waals surface area contributed by atoms with Crippen LogP contribution in [0.5, 0.6) is 0 Å². The highest BCUT2D eigenvalue weighted by Gasteiger charge is 2.23. The predicted octanol–water partition coefficient (Wildman–Crippen LogP) is 2.46. The maximum atomic E-state index is 12.6. The first-order valence-corrected chi connectivity index (χ1v) is 10.6. The number of halogens is 1. The van der Waals surface area contributed by atoms with Crippen LogP contribution < -0.4 is 15.4 Å². The van der Waals surface area contributed by atoms with Crippen molar-refractivity contribution in [2.75, 3.05) is 6.54 Å². The van der Waals surface area contributed by atoms with Gasteiger partial charge >= 0.3 is 0 Å². The number of nitrogens with one attached hydrogen (secondary N) is 3. The molecule has 6 nitrogen and oxygen atoms in total. The van der Waals surface area contributed by atoms with E-state index in [1.165, 1.54) is 12.1 Å². The van der Waals surface area contributed by atoms with E-state index in [-0.39, 0.29) is 41.8 Å². The fourth-order valence-corrected chi connectivity index (χ4v) is 4.22. The zero-order valence-electron chi connectivity index (χ0n) is 15.7. The van der Waals surface area contributed by atoms with Crippen molar-refractivity contribution in [2.24, 2.45) is 0 Å². The van der Waals surface area contributed by atoms with Crippen molar-refractivity contribution in [3.05, 3.63) is 65.7 Å². The molecule has 1 fully saturated rings. The average molecular weight is 424 g/mol. The molecule has 0 spiro atoms. The Labute approximate surface area is 172 Å². The molecular formula is C20H26ClN3O3S. The summed E-state index contributed by atoms with van der Waals surface area (Å²) in [6.45, 7) is 3.19. The lowest BCUT2D eigenvalue weighted by molar-refractivity contribution is 0.0919. The lowest BCUT2D eigenvalue weighted by atomic mass is 9.99. The summed E-state index contributed by atoms with van der Waals surface area (Å²) in [5.74, 6) is -0.254. The van der Waals surface area contributed by atoms with Gasteiger partial charge < -0.3 is 10.6 Å². The molecule has 0 radical (unpaired) electrons. The first kappa shape index (κ1) is 22.4. The van der Waals surface area contributed by atoms with Crippen LogP contribution in [0.1, 0.15) is 35.7 Å². The Bertz CT molecular complexity index is 891. The lowest BCUT2D eigenvalue weighted by Crippen LogP contribution is -2.51. The summed E-state index contributed by atoms with van der Waals surface area (Å²) in [6.07, 6.45) is 1.92. The number of hydrogen-bond donors (Lipinski definition) is 3. The summed E-state index contributed by atoms with van der Waals surface area (Å²) in [5, 5.41) is 6.34. The molecule has 0 bridgehead atoms. The summed E-state index contributed by atoms with van der Waals surface area (Å²) in [6, 6.07) is 15.7. The van der Waals surface area contributed by atoms with Crippen molar-refractivity contribution in [2.45, 2.75) is 43.3 Å². The van der Waals surface area contributed by atoms with Gasteiger partial charge in [0.2, 0.25) is 10.0 Å². The van der Waals surface area contributed by atoms with Crippen LogP contribution in [0, 0.1) is 0 Å². The third-order valence-electron chi connectivity index (χ3n) is 4.79. The van der Waals surface area contributed by atoms with Crippen molar-refractivity contribution >= 4 is 28.3 Å². The van der Waals surface area contributed by atoms with Crippen LogP contribution in [-0.2, 0) is 16.6 Å². The number of amides is 1. The van der Waals surface area contributed by atoms with Crippen molar-refractivity contribution in [3.63, 3.8) is 0 Å². The maximum absolute atomic E-state index is 12.6. The second-order valence-electron chi connectivity index (χ2n) is 6.80. The minimum Gasteiger partial charge on any atom is -0.348 e. The summed E-state index contributed by atoms with van der Waals surface area (Å²) in [5.41, 5.74) is 1.21. The zero-order valence-corrected chi connectivity index (χ0v) is 17.4. The third kappa shape index (κ3) is 5.78. The van der Waals surface area contributed by atoms with Gasteiger partial charge in [-0.2, -0.15) is 0 Å². The molecule has 2 aromatic carbocycles. The molecule has 1 heterocycles. The smallest absolute Gasteiger partial charge is 0.251 e. The molecule has 0 aliphatic carbocycles. The monoisotopic (exact) mass is 423 g/mol. The van der Waals surface area contributed by atoms with Crippen LogP contribution in [0.25, 0.3) is 0 Å². The largest absolute Gasteiger partial charge is 0.348 e. The van der Waals surface area contributed by atoms with E-state index in [2.05, 4.69) is 15.4 Å². The van der Waals surface area contributed by atoms with E-state index < -0.39 is 10.0 Å². The Morgan fingerprint density at radius 2 is 1.89 bits per heavy atom. The van der Waals surface area contributed by atoms with Crippen LogP contribution >= 0.6 is 12.4 Å². The van der Waals surface area contributed by atoms with Gasteiger partial charge in [-0.15, -0.1) is 12.4 Å². The molecule has 2 atom stereocenters. The Morgan fingerprint density at radius 3 is 2.61 bits per heavy atom. The SMILES string of the molecule is CC1NCCCC1NC(=O)c1cccc(S(=O)(=O)NCc2ccccc2)c1.Cl. The van der Waals surface area contributed by atoms with Crippen LogP contribution in [0.2, 0.25) is 0 Å². The number of carbonyl (C=O) groups is 1. The van der Waals surface area contributed by atoms with Gasteiger partial charge in [0.15, 0.2) is 0 Å². The molecule has 1 aliphatic heterocycles. The standard InChI is InChI=1S/C20H25N3O3S.ClH/c1-15-19(11-6-12-21-15)23-20(24)17-9-5-10-18(13-17)27(25,26)22-14-16-7-3-2-4-8-16;/h2-5,7-10,13,15,19,21-22H,6,11-12,14H2,1H3,(H,23,24);1H. The van der Waals surface area contributed by atoms with E-state index in [1.54, 1.807) is 12.1 Å². The number of hydrogen-bond acceptors (Lipinski definition) is 4. The Kier molecular flexibility index (Phi) is 8.00. The summed E-state index contributed by atoms with van der Waals surface area (Å²) in [7, 11) is -3.70. The molecule has 1 aliphatic rings. The molecular weight excluding hydrogens is 398 g/mol. The molecule has 28 heavy (non-hydrogen) atoms. The van der Waals surface area contributed by atoms with Crippen molar-refractivity contribution in [1.82, 2.24) is 15.4 Å². The summed E-state index contributed by atoms with van der Waals surface area (Å²) >= 11 is 0. The highest BCUT2D eigenvalue weighted by atomic mass is 35.5. The Morgan fingerprint density at radius 1 is 1.14 bits per heavy atom. The van der Waals surface area contributed by atoms with Crippen molar-refractivity contribution in [3.8, 4) is 0 Å². The molecule has 2 aromatic rings. The van der Waals surface area contributed by atoms with Gasteiger partial charge in [0.25, 0.3) is 5.91 Å². The maximum Gasteiger partial charge on any atom is 0.251 e. The predicted molar refractivity (Wildman–Crippen MR) is 112 cm³/mol. The highest BCUT2D eigenvalue weighted by molar-refractivity contribution is 7.89. The van der Waals surface area contributed by atoms with Crippen molar-refractivity contribution in [1.29, 1.82) is 0 Å². The molecule has 3 N–H and O–H groups in total. The van der Waals surface area contributed by atoms with Crippen LogP contribution in [0.4, 0.5) is 0 Å². The second kappa shape index (κ2) is 10.0. The molecule has 3 rings (SSSR count). The number of carbonyl (C=O) groups excluding carboxylic acids is 1. The molecule has 1 amide bonds. The summed E-state index contributed by atoms with van der Waals surface area (Å²) < 4.78 is 27.7.